The average Bonchev–Trinajstić information content (AvgIpc) is 2.75. The molecule has 0 atom stereocenters. The monoisotopic (exact) mass is 421 g/mol. The molecule has 0 bridgehead atoms. The number of methoxy groups -OCH3 is 1. The van der Waals surface area contributed by atoms with E-state index in [0.29, 0.717) is 5.56 Å². The van der Waals surface area contributed by atoms with Gasteiger partial charge in [-0.1, -0.05) is 12.1 Å². The minimum atomic E-state index is -3.03. The number of alkyl halides is 2. The lowest BCUT2D eigenvalue weighted by atomic mass is 10.1. The molecule has 2 aromatic rings. The van der Waals surface area contributed by atoms with Crippen molar-refractivity contribution in [2.24, 2.45) is 0 Å². The van der Waals surface area contributed by atoms with Gasteiger partial charge in [-0.15, -0.1) is 0 Å². The molecule has 2 rings (SSSR count). The molecule has 0 saturated heterocycles. The third-order valence-electron chi connectivity index (χ3n) is 3.98. The second-order valence-electron chi connectivity index (χ2n) is 5.98. The van der Waals surface area contributed by atoms with Crippen LogP contribution in [0.25, 0.3) is 0 Å². The summed E-state index contributed by atoms with van der Waals surface area (Å²) in [6.07, 6.45) is 0. The zero-order valence-corrected chi connectivity index (χ0v) is 16.3. The van der Waals surface area contributed by atoms with E-state index in [0.717, 1.165) is 5.56 Å². The first-order valence-electron chi connectivity index (χ1n) is 8.82. The topological polar surface area (TPSA) is 106 Å². The summed E-state index contributed by atoms with van der Waals surface area (Å²) in [6.45, 7) is -3.09. The Morgan fingerprint density at radius 3 is 2.20 bits per heavy atom. The molecule has 2 aromatic carbocycles. The van der Waals surface area contributed by atoms with Crippen molar-refractivity contribution in [3.05, 3.63) is 59.2 Å². The van der Waals surface area contributed by atoms with Gasteiger partial charge in [0.25, 0.3) is 11.8 Å². The van der Waals surface area contributed by atoms with Crippen molar-refractivity contribution in [2.75, 3.05) is 20.7 Å². The zero-order valence-electron chi connectivity index (χ0n) is 16.3. The van der Waals surface area contributed by atoms with Crippen molar-refractivity contribution in [3.63, 3.8) is 0 Å². The molecule has 0 saturated carbocycles. The molecule has 0 unspecified atom stereocenters. The predicted molar refractivity (Wildman–Crippen MR) is 104 cm³/mol. The molecule has 160 valence electrons. The Hall–Kier alpha value is -3.69. The predicted octanol–water partition coefficient (Wildman–Crippen LogP) is 1.70. The van der Waals surface area contributed by atoms with Crippen LogP contribution in [0.2, 0.25) is 0 Å². The molecule has 0 fully saturated rings. The molecule has 0 aliphatic carbocycles. The summed E-state index contributed by atoms with van der Waals surface area (Å²) in [5.74, 6) is -1.46. The second-order valence-corrected chi connectivity index (χ2v) is 5.98. The highest BCUT2D eigenvalue weighted by Gasteiger charge is 2.15. The summed E-state index contributed by atoms with van der Waals surface area (Å²) in [5, 5.41) is 7.58. The van der Waals surface area contributed by atoms with Crippen molar-refractivity contribution < 1.29 is 32.6 Å². The Balaban J connectivity index is 1.85. The highest BCUT2D eigenvalue weighted by Crippen LogP contribution is 2.29. The molecule has 0 spiro atoms. The third kappa shape index (κ3) is 6.43. The maximum Gasteiger partial charge on any atom is 0.387 e. The number of amides is 3. The fourth-order valence-corrected chi connectivity index (χ4v) is 2.45. The van der Waals surface area contributed by atoms with Gasteiger partial charge in [0.05, 0.1) is 13.7 Å². The fourth-order valence-electron chi connectivity index (χ4n) is 2.45. The Morgan fingerprint density at radius 2 is 1.60 bits per heavy atom. The van der Waals surface area contributed by atoms with Crippen LogP contribution in [0.3, 0.4) is 0 Å². The third-order valence-corrected chi connectivity index (χ3v) is 3.98. The van der Waals surface area contributed by atoms with Crippen LogP contribution in [0.15, 0.2) is 42.5 Å². The smallest absolute Gasteiger partial charge is 0.387 e. The first-order valence-corrected chi connectivity index (χ1v) is 8.82. The second kappa shape index (κ2) is 10.7. The molecule has 0 radical (unpaired) electrons. The molecule has 30 heavy (non-hydrogen) atoms. The lowest BCUT2D eigenvalue weighted by molar-refractivity contribution is -0.120. The number of halogens is 2. The number of ether oxygens (including phenoxy) is 2. The zero-order chi connectivity index (χ0) is 22.1. The van der Waals surface area contributed by atoms with Gasteiger partial charge < -0.3 is 25.4 Å². The van der Waals surface area contributed by atoms with Gasteiger partial charge >= 0.3 is 6.61 Å². The number of nitrogens with one attached hydrogen (secondary N) is 3. The van der Waals surface area contributed by atoms with E-state index in [-0.39, 0.29) is 36.1 Å². The molecule has 0 aromatic heterocycles. The summed E-state index contributed by atoms with van der Waals surface area (Å²) >= 11 is 0. The maximum atomic E-state index is 12.4. The largest absolute Gasteiger partial charge is 0.493 e. The van der Waals surface area contributed by atoms with Crippen molar-refractivity contribution in [1.29, 1.82) is 0 Å². The van der Waals surface area contributed by atoms with Gasteiger partial charge in [0.2, 0.25) is 5.91 Å². The van der Waals surface area contributed by atoms with E-state index in [1.54, 1.807) is 24.3 Å². The van der Waals surface area contributed by atoms with Crippen molar-refractivity contribution in [1.82, 2.24) is 16.0 Å². The molecule has 0 heterocycles. The van der Waals surface area contributed by atoms with Gasteiger partial charge in [0.1, 0.15) is 0 Å². The number of hydrogen-bond donors (Lipinski definition) is 3. The number of carbonyl (C=O) groups excluding carboxylic acids is 3. The van der Waals surface area contributed by atoms with Crippen molar-refractivity contribution >= 4 is 17.7 Å². The maximum absolute atomic E-state index is 12.4. The first kappa shape index (κ1) is 22.6. The Morgan fingerprint density at radius 1 is 0.933 bits per heavy atom. The molecule has 0 aliphatic heterocycles. The van der Waals surface area contributed by atoms with E-state index in [1.165, 1.54) is 32.4 Å². The van der Waals surface area contributed by atoms with Gasteiger partial charge in [0, 0.05) is 24.7 Å². The molecular formula is C20H21F2N3O5. The van der Waals surface area contributed by atoms with E-state index < -0.39 is 18.4 Å². The fraction of sp³-hybridized carbons (Fsp3) is 0.250. The van der Waals surface area contributed by atoms with Crippen LogP contribution in [0, 0.1) is 0 Å². The lowest BCUT2D eigenvalue weighted by Gasteiger charge is -2.11. The number of benzene rings is 2. The van der Waals surface area contributed by atoms with E-state index in [4.69, 9.17) is 4.74 Å². The quantitative estimate of drug-likeness (QED) is 0.572. The first-order chi connectivity index (χ1) is 14.3. The van der Waals surface area contributed by atoms with E-state index >= 15 is 0 Å². The van der Waals surface area contributed by atoms with Gasteiger partial charge in [-0.3, -0.25) is 14.4 Å². The molecule has 0 aliphatic rings. The van der Waals surface area contributed by atoms with Gasteiger partial charge in [-0.25, -0.2) is 0 Å². The summed E-state index contributed by atoms with van der Waals surface area (Å²) in [4.78, 5) is 35.6. The molecule has 3 N–H and O–H groups in total. The van der Waals surface area contributed by atoms with E-state index in [2.05, 4.69) is 20.7 Å². The van der Waals surface area contributed by atoms with Crippen LogP contribution in [0.4, 0.5) is 8.78 Å². The highest BCUT2D eigenvalue weighted by atomic mass is 19.3. The number of carbonyl (C=O) groups is 3. The summed E-state index contributed by atoms with van der Waals surface area (Å²) in [6, 6.07) is 10.4. The molecular weight excluding hydrogens is 400 g/mol. The standard InChI is InChI=1S/C20H21F2N3O5/c1-23-18(27)13-5-3-12(4-6-13)10-24-17(26)11-25-19(28)14-7-8-15(30-20(21)22)16(9-14)29-2/h3-9,20H,10-11H2,1-2H3,(H,23,27)(H,24,26)(H,25,28). The van der Waals surface area contributed by atoms with Crippen molar-refractivity contribution in [2.45, 2.75) is 13.2 Å². The van der Waals surface area contributed by atoms with Gasteiger partial charge in [0.15, 0.2) is 11.5 Å². The van der Waals surface area contributed by atoms with E-state index in [9.17, 15) is 23.2 Å². The Bertz CT molecular complexity index is 904. The van der Waals surface area contributed by atoms with Crippen molar-refractivity contribution in [3.8, 4) is 11.5 Å². The van der Waals surface area contributed by atoms with Crippen LogP contribution >= 0.6 is 0 Å². The van der Waals surface area contributed by atoms with Crippen LogP contribution in [-0.2, 0) is 11.3 Å². The molecule has 3 amide bonds. The summed E-state index contributed by atoms with van der Waals surface area (Å²) in [5.41, 5.74) is 1.40. The van der Waals surface area contributed by atoms with Gasteiger partial charge in [-0.05, 0) is 35.9 Å². The molecule has 8 nitrogen and oxygen atoms in total. The SMILES string of the molecule is CNC(=O)c1ccc(CNC(=O)CNC(=O)c2ccc(OC(F)F)c(OC)c2)cc1. The average molecular weight is 421 g/mol. The van der Waals surface area contributed by atoms with Crippen LogP contribution in [-0.4, -0.2) is 45.0 Å². The Kier molecular flexibility index (Phi) is 8.09. The van der Waals surface area contributed by atoms with Gasteiger partial charge in [-0.2, -0.15) is 8.78 Å². The minimum Gasteiger partial charge on any atom is -0.493 e. The highest BCUT2D eigenvalue weighted by molar-refractivity contribution is 5.97. The summed E-state index contributed by atoms with van der Waals surface area (Å²) in [7, 11) is 2.79. The van der Waals surface area contributed by atoms with Crippen LogP contribution in [0.1, 0.15) is 26.3 Å². The van der Waals surface area contributed by atoms with E-state index in [1.807, 2.05) is 0 Å². The summed E-state index contributed by atoms with van der Waals surface area (Å²) < 4.78 is 33.9. The lowest BCUT2D eigenvalue weighted by Crippen LogP contribution is -2.36. The minimum absolute atomic E-state index is 0.0346. The number of rotatable bonds is 9. The normalized spacial score (nSPS) is 10.3. The van der Waals surface area contributed by atoms with Crippen LogP contribution < -0.4 is 25.4 Å². The number of hydrogen-bond acceptors (Lipinski definition) is 5. The van der Waals surface area contributed by atoms with Crippen LogP contribution in [0.5, 0.6) is 11.5 Å². The molecule has 10 heteroatoms. The Labute approximate surface area is 171 Å².